The van der Waals surface area contributed by atoms with E-state index in [0.717, 1.165) is 6.42 Å². The Kier molecular flexibility index (Phi) is 4.92. The first-order chi connectivity index (χ1) is 9.09. The molecule has 2 rings (SSSR count). The van der Waals surface area contributed by atoms with E-state index in [2.05, 4.69) is 0 Å². The molecule has 0 bridgehead atoms. The van der Waals surface area contributed by atoms with Crippen molar-refractivity contribution in [1.29, 1.82) is 0 Å². The van der Waals surface area contributed by atoms with Crippen molar-refractivity contribution >= 4 is 0 Å². The second kappa shape index (κ2) is 6.47. The first-order valence-corrected chi connectivity index (χ1v) is 7.29. The Morgan fingerprint density at radius 1 is 1.21 bits per heavy atom. The van der Waals surface area contributed by atoms with Gasteiger partial charge in [0, 0.05) is 11.6 Å². The summed E-state index contributed by atoms with van der Waals surface area (Å²) in [4.78, 5) is 0. The molecular formula is C16H23F2N. The minimum Gasteiger partial charge on any atom is -0.324 e. The van der Waals surface area contributed by atoms with Gasteiger partial charge < -0.3 is 5.73 Å². The predicted molar refractivity (Wildman–Crippen MR) is 73.8 cm³/mol. The van der Waals surface area contributed by atoms with Crippen molar-refractivity contribution in [3.05, 3.63) is 34.9 Å². The van der Waals surface area contributed by atoms with Crippen molar-refractivity contribution in [3.8, 4) is 0 Å². The number of halogens is 2. The van der Waals surface area contributed by atoms with E-state index in [1.165, 1.54) is 44.2 Å². The van der Waals surface area contributed by atoms with E-state index in [9.17, 15) is 8.78 Å². The van der Waals surface area contributed by atoms with Crippen LogP contribution in [0.5, 0.6) is 0 Å². The molecule has 2 N–H and O–H groups in total. The minimum atomic E-state index is -0.526. The fourth-order valence-corrected chi connectivity index (χ4v) is 3.05. The highest BCUT2D eigenvalue weighted by atomic mass is 19.1. The normalized spacial score (nSPS) is 18.5. The third-order valence-corrected chi connectivity index (χ3v) is 4.30. The first-order valence-electron chi connectivity index (χ1n) is 7.29. The molecule has 3 heteroatoms. The lowest BCUT2D eigenvalue weighted by Crippen LogP contribution is -2.17. The number of hydrogen-bond donors (Lipinski definition) is 1. The van der Waals surface area contributed by atoms with Crippen LogP contribution in [0.25, 0.3) is 0 Å². The highest BCUT2D eigenvalue weighted by Crippen LogP contribution is 2.31. The SMILES string of the molecule is Cc1ccc(F)c(C(N)CCC2CCCCC2)c1F. The highest BCUT2D eigenvalue weighted by Gasteiger charge is 2.20. The smallest absolute Gasteiger partial charge is 0.133 e. The van der Waals surface area contributed by atoms with Crippen LogP contribution in [0.1, 0.15) is 62.1 Å². The van der Waals surface area contributed by atoms with Crippen LogP contribution in [0.3, 0.4) is 0 Å². The van der Waals surface area contributed by atoms with Gasteiger partial charge in [0.1, 0.15) is 11.6 Å². The summed E-state index contributed by atoms with van der Waals surface area (Å²) in [6, 6.07) is 2.25. The Morgan fingerprint density at radius 3 is 2.58 bits per heavy atom. The molecule has 0 radical (unpaired) electrons. The maximum absolute atomic E-state index is 14.0. The highest BCUT2D eigenvalue weighted by molar-refractivity contribution is 5.29. The maximum atomic E-state index is 14.0. The monoisotopic (exact) mass is 267 g/mol. The van der Waals surface area contributed by atoms with E-state index in [1.54, 1.807) is 6.92 Å². The van der Waals surface area contributed by atoms with Crippen molar-refractivity contribution in [2.75, 3.05) is 0 Å². The third-order valence-electron chi connectivity index (χ3n) is 4.30. The molecule has 1 aromatic rings. The molecule has 1 aliphatic rings. The van der Waals surface area contributed by atoms with Gasteiger partial charge in [0.25, 0.3) is 0 Å². The zero-order valence-corrected chi connectivity index (χ0v) is 11.6. The standard InChI is InChI=1S/C16H23F2N/c1-11-7-9-13(17)15(16(11)18)14(19)10-8-12-5-3-2-4-6-12/h7,9,12,14H,2-6,8,10,19H2,1H3. The quantitative estimate of drug-likeness (QED) is 0.845. The average molecular weight is 267 g/mol. The molecule has 0 spiro atoms. The Bertz CT molecular complexity index is 425. The van der Waals surface area contributed by atoms with Gasteiger partial charge in [0.15, 0.2) is 0 Å². The summed E-state index contributed by atoms with van der Waals surface area (Å²) in [7, 11) is 0. The Morgan fingerprint density at radius 2 is 1.89 bits per heavy atom. The molecule has 0 heterocycles. The van der Waals surface area contributed by atoms with Crippen LogP contribution < -0.4 is 5.73 Å². The van der Waals surface area contributed by atoms with Crippen molar-refractivity contribution in [2.45, 2.75) is 57.9 Å². The molecule has 1 aromatic carbocycles. The van der Waals surface area contributed by atoms with Crippen LogP contribution in [0.15, 0.2) is 12.1 Å². The molecule has 19 heavy (non-hydrogen) atoms. The largest absolute Gasteiger partial charge is 0.324 e. The van der Waals surface area contributed by atoms with Gasteiger partial charge in [-0.2, -0.15) is 0 Å². The van der Waals surface area contributed by atoms with E-state index in [1.807, 2.05) is 0 Å². The fourth-order valence-electron chi connectivity index (χ4n) is 3.05. The van der Waals surface area contributed by atoms with E-state index < -0.39 is 17.7 Å². The average Bonchev–Trinajstić information content (AvgIpc) is 2.42. The second-order valence-electron chi connectivity index (χ2n) is 5.78. The Labute approximate surface area is 114 Å². The molecule has 0 saturated heterocycles. The van der Waals surface area contributed by atoms with Crippen LogP contribution >= 0.6 is 0 Å². The van der Waals surface area contributed by atoms with Gasteiger partial charge in [-0.1, -0.05) is 38.2 Å². The van der Waals surface area contributed by atoms with Gasteiger partial charge in [-0.3, -0.25) is 0 Å². The topological polar surface area (TPSA) is 26.0 Å². The zero-order valence-electron chi connectivity index (χ0n) is 11.6. The lowest BCUT2D eigenvalue weighted by molar-refractivity contribution is 0.321. The number of aryl methyl sites for hydroxylation is 1. The van der Waals surface area contributed by atoms with Crippen molar-refractivity contribution in [3.63, 3.8) is 0 Å². The minimum absolute atomic E-state index is 0.0656. The van der Waals surface area contributed by atoms with Crippen LogP contribution in [0.4, 0.5) is 8.78 Å². The van der Waals surface area contributed by atoms with Crippen LogP contribution in [0, 0.1) is 24.5 Å². The van der Waals surface area contributed by atoms with E-state index in [0.29, 0.717) is 17.9 Å². The summed E-state index contributed by atoms with van der Waals surface area (Å²) in [6.45, 7) is 1.64. The Hall–Kier alpha value is -0.960. The van der Waals surface area contributed by atoms with Gasteiger partial charge in [0.2, 0.25) is 0 Å². The zero-order chi connectivity index (χ0) is 13.8. The molecule has 1 saturated carbocycles. The summed E-state index contributed by atoms with van der Waals surface area (Å²) >= 11 is 0. The molecule has 0 aliphatic heterocycles. The van der Waals surface area contributed by atoms with E-state index in [4.69, 9.17) is 5.73 Å². The maximum Gasteiger partial charge on any atom is 0.133 e. The second-order valence-corrected chi connectivity index (χ2v) is 5.78. The molecule has 1 fully saturated rings. The fraction of sp³-hybridized carbons (Fsp3) is 0.625. The first kappa shape index (κ1) is 14.4. The summed E-state index contributed by atoms with van der Waals surface area (Å²) in [6.07, 6.45) is 8.02. The van der Waals surface area contributed by atoms with E-state index >= 15 is 0 Å². The van der Waals surface area contributed by atoms with E-state index in [-0.39, 0.29) is 5.56 Å². The summed E-state index contributed by atoms with van der Waals surface area (Å²) in [5.41, 5.74) is 6.53. The third kappa shape index (κ3) is 3.53. The van der Waals surface area contributed by atoms with Crippen molar-refractivity contribution in [2.24, 2.45) is 11.7 Å². The van der Waals surface area contributed by atoms with Crippen molar-refractivity contribution in [1.82, 2.24) is 0 Å². The molecule has 0 aromatic heterocycles. The number of benzene rings is 1. The number of rotatable bonds is 4. The van der Waals surface area contributed by atoms with Gasteiger partial charge >= 0.3 is 0 Å². The van der Waals surface area contributed by atoms with Crippen LogP contribution in [-0.2, 0) is 0 Å². The molecule has 1 nitrogen and oxygen atoms in total. The van der Waals surface area contributed by atoms with Gasteiger partial charge in [0.05, 0.1) is 0 Å². The summed E-state index contributed by atoms with van der Waals surface area (Å²) in [5, 5.41) is 0. The number of hydrogen-bond acceptors (Lipinski definition) is 1. The Balaban J connectivity index is 1.99. The van der Waals surface area contributed by atoms with Gasteiger partial charge in [-0.15, -0.1) is 0 Å². The lowest BCUT2D eigenvalue weighted by Gasteiger charge is -2.23. The summed E-state index contributed by atoms with van der Waals surface area (Å²) < 4.78 is 27.7. The van der Waals surface area contributed by atoms with Gasteiger partial charge in [-0.05, 0) is 37.3 Å². The van der Waals surface area contributed by atoms with Gasteiger partial charge in [-0.25, -0.2) is 8.78 Å². The predicted octanol–water partition coefficient (Wildman–Crippen LogP) is 4.63. The lowest BCUT2D eigenvalue weighted by atomic mass is 9.84. The van der Waals surface area contributed by atoms with Crippen LogP contribution in [0.2, 0.25) is 0 Å². The molecule has 0 amide bonds. The molecule has 1 atom stereocenters. The summed E-state index contributed by atoms with van der Waals surface area (Å²) in [5.74, 6) is -0.300. The molecule has 1 aliphatic carbocycles. The molecule has 1 unspecified atom stereocenters. The van der Waals surface area contributed by atoms with Crippen molar-refractivity contribution < 1.29 is 8.78 Å². The molecular weight excluding hydrogens is 244 g/mol. The number of nitrogens with two attached hydrogens (primary N) is 1. The van der Waals surface area contributed by atoms with Crippen LogP contribution in [-0.4, -0.2) is 0 Å². The molecule has 106 valence electrons.